The first kappa shape index (κ1) is 18.3. The van der Waals surface area contributed by atoms with Gasteiger partial charge in [0.15, 0.2) is 5.52 Å². The Bertz CT molecular complexity index is 1200. The standard InChI is InChI=1S/C21H18ClN3O3/c1-11-8-14(9-12(2)18(11)27-3)20-25-17-19(26)23-16(24-21(17)28-20)10-13-4-6-15(22)7-5-13/h4-9H,10H2,1-3H3,(H,23,24,26). The van der Waals surface area contributed by atoms with E-state index in [9.17, 15) is 4.79 Å². The van der Waals surface area contributed by atoms with E-state index in [1.165, 1.54) is 0 Å². The Morgan fingerprint density at radius 2 is 1.79 bits per heavy atom. The van der Waals surface area contributed by atoms with E-state index >= 15 is 0 Å². The van der Waals surface area contributed by atoms with Crippen LogP contribution in [0, 0.1) is 13.8 Å². The molecule has 0 spiro atoms. The van der Waals surface area contributed by atoms with Gasteiger partial charge in [0, 0.05) is 17.0 Å². The molecule has 0 fully saturated rings. The molecule has 0 atom stereocenters. The number of benzene rings is 2. The molecule has 2 heterocycles. The minimum atomic E-state index is -0.328. The molecule has 7 heteroatoms. The average Bonchev–Trinajstić information content (AvgIpc) is 3.08. The second kappa shape index (κ2) is 7.13. The number of aromatic nitrogens is 3. The summed E-state index contributed by atoms with van der Waals surface area (Å²) < 4.78 is 11.2. The number of halogens is 1. The summed E-state index contributed by atoms with van der Waals surface area (Å²) in [5.74, 6) is 1.68. The van der Waals surface area contributed by atoms with E-state index in [1.54, 1.807) is 19.2 Å². The van der Waals surface area contributed by atoms with Crippen molar-refractivity contribution < 1.29 is 9.15 Å². The molecule has 0 aliphatic rings. The Balaban J connectivity index is 1.74. The summed E-state index contributed by atoms with van der Waals surface area (Å²) in [6, 6.07) is 11.2. The number of fused-ring (bicyclic) bond motifs is 1. The van der Waals surface area contributed by atoms with Gasteiger partial charge in [0.2, 0.25) is 5.89 Å². The van der Waals surface area contributed by atoms with Crippen molar-refractivity contribution in [1.29, 1.82) is 0 Å². The smallest absolute Gasteiger partial charge is 0.280 e. The fourth-order valence-electron chi connectivity index (χ4n) is 3.28. The first-order valence-corrected chi connectivity index (χ1v) is 9.12. The molecular weight excluding hydrogens is 378 g/mol. The zero-order valence-corrected chi connectivity index (χ0v) is 16.4. The van der Waals surface area contributed by atoms with E-state index < -0.39 is 0 Å². The Labute approximate surface area is 166 Å². The molecule has 0 radical (unpaired) electrons. The van der Waals surface area contributed by atoms with Gasteiger partial charge in [-0.15, -0.1) is 0 Å². The largest absolute Gasteiger partial charge is 0.496 e. The fourth-order valence-corrected chi connectivity index (χ4v) is 3.40. The van der Waals surface area contributed by atoms with Crippen molar-refractivity contribution in [1.82, 2.24) is 15.0 Å². The monoisotopic (exact) mass is 395 g/mol. The lowest BCUT2D eigenvalue weighted by Crippen LogP contribution is -2.12. The van der Waals surface area contributed by atoms with Crippen molar-refractivity contribution in [2.45, 2.75) is 20.3 Å². The predicted molar refractivity (Wildman–Crippen MR) is 108 cm³/mol. The number of methoxy groups -OCH3 is 1. The highest BCUT2D eigenvalue weighted by atomic mass is 35.5. The number of hydrogen-bond acceptors (Lipinski definition) is 5. The van der Waals surface area contributed by atoms with Crippen molar-refractivity contribution in [2.24, 2.45) is 0 Å². The first-order chi connectivity index (χ1) is 13.4. The summed E-state index contributed by atoms with van der Waals surface area (Å²) >= 11 is 5.92. The van der Waals surface area contributed by atoms with Gasteiger partial charge < -0.3 is 14.1 Å². The summed E-state index contributed by atoms with van der Waals surface area (Å²) in [6.45, 7) is 3.90. The van der Waals surface area contributed by atoms with Crippen LogP contribution in [-0.4, -0.2) is 22.1 Å². The number of nitrogens with zero attached hydrogens (tertiary/aromatic N) is 2. The fraction of sp³-hybridized carbons (Fsp3) is 0.190. The molecular formula is C21H18ClN3O3. The third-order valence-corrected chi connectivity index (χ3v) is 4.77. The molecule has 0 bridgehead atoms. The molecule has 0 aliphatic carbocycles. The molecule has 28 heavy (non-hydrogen) atoms. The molecule has 0 aliphatic heterocycles. The highest BCUT2D eigenvalue weighted by Gasteiger charge is 2.16. The SMILES string of the molecule is COc1c(C)cc(-c2nc3c(=O)[nH]c(Cc4ccc(Cl)cc4)nc3o2)cc1C. The third kappa shape index (κ3) is 3.39. The van der Waals surface area contributed by atoms with Gasteiger partial charge in [0.1, 0.15) is 11.6 Å². The second-order valence-corrected chi connectivity index (χ2v) is 7.07. The minimum absolute atomic E-state index is 0.181. The quantitative estimate of drug-likeness (QED) is 0.552. The van der Waals surface area contributed by atoms with E-state index in [0.717, 1.165) is 28.0 Å². The Morgan fingerprint density at radius 3 is 2.43 bits per heavy atom. The Morgan fingerprint density at radius 1 is 1.11 bits per heavy atom. The van der Waals surface area contributed by atoms with Crippen LogP contribution in [0.1, 0.15) is 22.5 Å². The Hall–Kier alpha value is -3.12. The van der Waals surface area contributed by atoms with Crippen LogP contribution in [0.25, 0.3) is 22.7 Å². The van der Waals surface area contributed by atoms with Crippen LogP contribution in [0.4, 0.5) is 0 Å². The zero-order chi connectivity index (χ0) is 19.8. The summed E-state index contributed by atoms with van der Waals surface area (Å²) in [5.41, 5.74) is 3.75. The topological polar surface area (TPSA) is 81.0 Å². The summed E-state index contributed by atoms with van der Waals surface area (Å²) in [7, 11) is 1.64. The summed E-state index contributed by atoms with van der Waals surface area (Å²) in [6.07, 6.45) is 0.457. The number of H-pyrrole nitrogens is 1. The lowest BCUT2D eigenvalue weighted by Gasteiger charge is -2.09. The van der Waals surface area contributed by atoms with Crippen molar-refractivity contribution >= 4 is 22.8 Å². The number of aryl methyl sites for hydroxylation is 2. The molecule has 0 amide bonds. The van der Waals surface area contributed by atoms with Crippen LogP contribution in [0.3, 0.4) is 0 Å². The lowest BCUT2D eigenvalue weighted by atomic mass is 10.1. The molecule has 4 rings (SSSR count). The van der Waals surface area contributed by atoms with Crippen molar-refractivity contribution in [2.75, 3.05) is 7.11 Å². The number of ether oxygens (including phenoxy) is 1. The van der Waals surface area contributed by atoms with E-state index in [1.807, 2.05) is 38.1 Å². The van der Waals surface area contributed by atoms with Gasteiger partial charge in [-0.1, -0.05) is 23.7 Å². The maximum atomic E-state index is 12.5. The van der Waals surface area contributed by atoms with Gasteiger partial charge in [-0.05, 0) is 54.8 Å². The zero-order valence-electron chi connectivity index (χ0n) is 15.7. The van der Waals surface area contributed by atoms with E-state index in [0.29, 0.717) is 23.2 Å². The molecule has 1 N–H and O–H groups in total. The Kier molecular flexibility index (Phi) is 4.65. The van der Waals surface area contributed by atoms with Crippen molar-refractivity contribution in [3.8, 4) is 17.2 Å². The van der Waals surface area contributed by atoms with Crippen LogP contribution in [0.2, 0.25) is 5.02 Å². The molecule has 4 aromatic rings. The van der Waals surface area contributed by atoms with Crippen molar-refractivity contribution in [3.63, 3.8) is 0 Å². The highest BCUT2D eigenvalue weighted by molar-refractivity contribution is 6.30. The molecule has 142 valence electrons. The van der Waals surface area contributed by atoms with E-state index in [-0.39, 0.29) is 16.8 Å². The molecule has 0 unspecified atom stereocenters. The van der Waals surface area contributed by atoms with E-state index in [2.05, 4.69) is 15.0 Å². The van der Waals surface area contributed by atoms with Crippen LogP contribution >= 0.6 is 11.6 Å². The van der Waals surface area contributed by atoms with Gasteiger partial charge in [-0.2, -0.15) is 4.98 Å². The van der Waals surface area contributed by atoms with E-state index in [4.69, 9.17) is 20.8 Å². The van der Waals surface area contributed by atoms with Crippen LogP contribution < -0.4 is 10.3 Å². The summed E-state index contributed by atoms with van der Waals surface area (Å²) in [4.78, 5) is 24.0. The molecule has 2 aromatic heterocycles. The average molecular weight is 396 g/mol. The molecule has 2 aromatic carbocycles. The van der Waals surface area contributed by atoms with Crippen molar-refractivity contribution in [3.05, 3.63) is 74.3 Å². The number of nitrogens with one attached hydrogen (secondary N) is 1. The minimum Gasteiger partial charge on any atom is -0.496 e. The van der Waals surface area contributed by atoms with Gasteiger partial charge in [0.25, 0.3) is 11.3 Å². The predicted octanol–water partition coefficient (Wildman–Crippen LogP) is 4.45. The normalized spacial score (nSPS) is 11.1. The number of hydrogen-bond donors (Lipinski definition) is 1. The second-order valence-electron chi connectivity index (χ2n) is 6.63. The highest BCUT2D eigenvalue weighted by Crippen LogP contribution is 2.30. The molecule has 6 nitrogen and oxygen atoms in total. The van der Waals surface area contributed by atoms with Crippen LogP contribution in [0.15, 0.2) is 45.6 Å². The van der Waals surface area contributed by atoms with Gasteiger partial charge in [-0.3, -0.25) is 4.79 Å². The van der Waals surface area contributed by atoms with Gasteiger partial charge in [0.05, 0.1) is 7.11 Å². The lowest BCUT2D eigenvalue weighted by molar-refractivity contribution is 0.408. The first-order valence-electron chi connectivity index (χ1n) is 8.74. The summed E-state index contributed by atoms with van der Waals surface area (Å²) in [5, 5.41) is 0.658. The van der Waals surface area contributed by atoms with Crippen LogP contribution in [0.5, 0.6) is 5.75 Å². The third-order valence-electron chi connectivity index (χ3n) is 4.51. The maximum absolute atomic E-state index is 12.5. The number of rotatable bonds is 4. The number of aromatic amines is 1. The number of oxazole rings is 1. The van der Waals surface area contributed by atoms with Crippen LogP contribution in [-0.2, 0) is 6.42 Å². The van der Waals surface area contributed by atoms with Gasteiger partial charge in [-0.25, -0.2) is 4.98 Å². The van der Waals surface area contributed by atoms with Gasteiger partial charge >= 0.3 is 0 Å². The maximum Gasteiger partial charge on any atom is 0.280 e. The molecule has 0 saturated heterocycles. The molecule has 0 saturated carbocycles.